The molecule has 1 N–H and O–H groups in total. The van der Waals surface area contributed by atoms with Crippen LogP contribution >= 0.6 is 0 Å². The van der Waals surface area contributed by atoms with Gasteiger partial charge in [0, 0.05) is 25.2 Å². The Morgan fingerprint density at radius 2 is 2.07 bits per heavy atom. The van der Waals surface area contributed by atoms with E-state index >= 15 is 0 Å². The second-order valence-corrected chi connectivity index (χ2v) is 8.82. The Morgan fingerprint density at radius 1 is 1.34 bits per heavy atom. The number of hydrogen-bond donors (Lipinski definition) is 1. The molecule has 3 rings (SSSR count). The minimum atomic E-state index is 0.144. The first-order chi connectivity index (χ1) is 13.8. The van der Waals surface area contributed by atoms with Gasteiger partial charge in [0.05, 0.1) is 6.07 Å². The van der Waals surface area contributed by atoms with Gasteiger partial charge in [0.25, 0.3) is 0 Å². The van der Waals surface area contributed by atoms with E-state index in [2.05, 4.69) is 59.2 Å². The first kappa shape index (κ1) is 21.3. The lowest BCUT2D eigenvalue weighted by Gasteiger charge is -2.39. The highest BCUT2D eigenvalue weighted by Crippen LogP contribution is 2.38. The van der Waals surface area contributed by atoms with Gasteiger partial charge in [-0.15, -0.1) is 0 Å². The summed E-state index contributed by atoms with van der Waals surface area (Å²) in [6.07, 6.45) is 6.48. The van der Waals surface area contributed by atoms with Crippen LogP contribution < -0.4 is 10.2 Å². The van der Waals surface area contributed by atoms with Crippen LogP contribution in [0.2, 0.25) is 0 Å². The number of allylic oxidation sites excluding steroid dienone is 1. The van der Waals surface area contributed by atoms with Crippen LogP contribution in [0.1, 0.15) is 52.0 Å². The molecule has 0 bridgehead atoms. The molecule has 0 aliphatic carbocycles. The van der Waals surface area contributed by atoms with Crippen LogP contribution in [0, 0.1) is 11.3 Å². The van der Waals surface area contributed by atoms with Gasteiger partial charge in [-0.05, 0) is 88.9 Å². The molecule has 2 aliphatic rings. The number of nitrogens with one attached hydrogen (secondary N) is 1. The summed E-state index contributed by atoms with van der Waals surface area (Å²) in [6, 6.07) is 7.15. The number of aromatic nitrogens is 1. The molecular formula is C23H34N6. The van der Waals surface area contributed by atoms with Crippen molar-refractivity contribution >= 4 is 17.5 Å². The number of amidine groups is 1. The molecule has 3 heterocycles. The first-order valence-corrected chi connectivity index (χ1v) is 10.6. The Bertz CT molecular complexity index is 826. The van der Waals surface area contributed by atoms with Crippen LogP contribution in [-0.2, 0) is 5.41 Å². The molecule has 0 saturated carbocycles. The number of aliphatic imine (C=N–C) groups is 1. The molecule has 1 atom stereocenters. The second-order valence-electron chi connectivity index (χ2n) is 8.82. The molecule has 0 amide bonds. The average molecular weight is 395 g/mol. The van der Waals surface area contributed by atoms with Gasteiger partial charge in [-0.25, -0.2) is 4.98 Å². The third-order valence-corrected chi connectivity index (χ3v) is 6.47. The largest absolute Gasteiger partial charge is 0.354 e. The van der Waals surface area contributed by atoms with Crippen molar-refractivity contribution in [1.82, 2.24) is 9.88 Å². The van der Waals surface area contributed by atoms with Crippen molar-refractivity contribution in [3.8, 4) is 6.07 Å². The maximum atomic E-state index is 9.10. The molecular weight excluding hydrogens is 360 g/mol. The van der Waals surface area contributed by atoms with Gasteiger partial charge in [0.2, 0.25) is 0 Å². The predicted molar refractivity (Wildman–Crippen MR) is 121 cm³/mol. The van der Waals surface area contributed by atoms with Gasteiger partial charge < -0.3 is 15.1 Å². The number of anilines is 2. The summed E-state index contributed by atoms with van der Waals surface area (Å²) in [4.78, 5) is 14.1. The highest BCUT2D eigenvalue weighted by atomic mass is 15.2. The van der Waals surface area contributed by atoms with Gasteiger partial charge in [-0.1, -0.05) is 6.92 Å². The van der Waals surface area contributed by atoms with Crippen molar-refractivity contribution in [3.05, 3.63) is 29.3 Å². The summed E-state index contributed by atoms with van der Waals surface area (Å²) >= 11 is 0. The molecule has 1 aromatic heterocycles. The third-order valence-electron chi connectivity index (χ3n) is 6.47. The zero-order chi connectivity index (χ0) is 21.0. The molecule has 0 radical (unpaired) electrons. The fourth-order valence-electron chi connectivity index (χ4n) is 4.28. The van der Waals surface area contributed by atoms with Crippen LogP contribution in [0.25, 0.3) is 0 Å². The number of pyridine rings is 1. The molecule has 2 fully saturated rings. The van der Waals surface area contributed by atoms with Crippen molar-refractivity contribution < 1.29 is 0 Å². The summed E-state index contributed by atoms with van der Waals surface area (Å²) in [6.45, 7) is 9.73. The highest BCUT2D eigenvalue weighted by molar-refractivity contribution is 6.04. The quantitative estimate of drug-likeness (QED) is 0.476. The standard InChI is InChI=1S/C23H34N6/c1-17(16-24)13-20(25-4)26-21-14-19(23(3)8-11-28(5)12-9-23)15-22(27-21)29-10-6-7-18(29)2/h13-15,18H,6-12H2,1-5H3,(H,25,26,27)/b17-13+/t18-/m1/s1. The number of piperidine rings is 1. The second kappa shape index (κ2) is 8.96. The van der Waals surface area contributed by atoms with Crippen molar-refractivity contribution in [3.63, 3.8) is 0 Å². The lowest BCUT2D eigenvalue weighted by Crippen LogP contribution is -2.39. The van der Waals surface area contributed by atoms with Crippen LogP contribution in [0.5, 0.6) is 0 Å². The van der Waals surface area contributed by atoms with Crippen molar-refractivity contribution in [2.75, 3.05) is 43.9 Å². The first-order valence-electron chi connectivity index (χ1n) is 10.6. The average Bonchev–Trinajstić information content (AvgIpc) is 3.15. The number of rotatable bonds is 4. The molecule has 2 saturated heterocycles. The maximum absolute atomic E-state index is 9.10. The van der Waals surface area contributed by atoms with Gasteiger partial charge >= 0.3 is 0 Å². The van der Waals surface area contributed by atoms with E-state index in [-0.39, 0.29) is 5.41 Å². The normalized spacial score (nSPS) is 23.2. The Kier molecular flexibility index (Phi) is 6.59. The number of likely N-dealkylation sites (tertiary alicyclic amines) is 1. The highest BCUT2D eigenvalue weighted by Gasteiger charge is 2.32. The van der Waals surface area contributed by atoms with Crippen molar-refractivity contribution in [2.45, 2.75) is 57.9 Å². The van der Waals surface area contributed by atoms with E-state index in [0.29, 0.717) is 17.5 Å². The Hall–Kier alpha value is -2.39. The SMILES string of the molecule is CN=C(/C=C(\C)C#N)Nc1cc(C2(C)CCN(C)CC2)cc(N2CCC[C@H]2C)n1. The van der Waals surface area contributed by atoms with Gasteiger partial charge in [0.1, 0.15) is 17.5 Å². The molecule has 6 nitrogen and oxygen atoms in total. The summed E-state index contributed by atoms with van der Waals surface area (Å²) < 4.78 is 0. The van der Waals surface area contributed by atoms with E-state index in [0.717, 1.165) is 44.1 Å². The monoisotopic (exact) mass is 394 g/mol. The van der Waals surface area contributed by atoms with Crippen LogP contribution in [-0.4, -0.2) is 55.5 Å². The molecule has 0 spiro atoms. The van der Waals surface area contributed by atoms with Crippen LogP contribution in [0.15, 0.2) is 28.8 Å². The van der Waals surface area contributed by atoms with E-state index in [1.165, 1.54) is 18.4 Å². The molecule has 6 heteroatoms. The smallest absolute Gasteiger partial charge is 0.134 e. The van der Waals surface area contributed by atoms with Crippen molar-refractivity contribution in [1.29, 1.82) is 5.26 Å². The van der Waals surface area contributed by atoms with Gasteiger partial charge in [-0.2, -0.15) is 5.26 Å². The fourth-order valence-corrected chi connectivity index (χ4v) is 4.28. The zero-order valence-electron chi connectivity index (χ0n) is 18.5. The van der Waals surface area contributed by atoms with Gasteiger partial charge in [0.15, 0.2) is 0 Å². The Balaban J connectivity index is 1.98. The molecule has 29 heavy (non-hydrogen) atoms. The number of nitrogens with zero attached hydrogens (tertiary/aromatic N) is 5. The predicted octanol–water partition coefficient (Wildman–Crippen LogP) is 3.96. The molecule has 0 unspecified atom stereocenters. The lowest BCUT2D eigenvalue weighted by atomic mass is 9.75. The summed E-state index contributed by atoms with van der Waals surface area (Å²) in [5.74, 6) is 2.51. The van der Waals surface area contributed by atoms with E-state index in [4.69, 9.17) is 10.2 Å². The Morgan fingerprint density at radius 3 is 2.66 bits per heavy atom. The molecule has 2 aliphatic heterocycles. The third kappa shape index (κ3) is 4.97. The van der Waals surface area contributed by atoms with E-state index in [1.807, 2.05) is 0 Å². The number of hydrogen-bond acceptors (Lipinski definition) is 5. The van der Waals surface area contributed by atoms with Crippen molar-refractivity contribution in [2.24, 2.45) is 4.99 Å². The van der Waals surface area contributed by atoms with Crippen LogP contribution in [0.4, 0.5) is 11.6 Å². The zero-order valence-corrected chi connectivity index (χ0v) is 18.5. The topological polar surface area (TPSA) is 67.6 Å². The minimum Gasteiger partial charge on any atom is -0.354 e. The lowest BCUT2D eigenvalue weighted by molar-refractivity contribution is 0.200. The molecule has 156 valence electrons. The van der Waals surface area contributed by atoms with Crippen LogP contribution in [0.3, 0.4) is 0 Å². The van der Waals surface area contributed by atoms with Gasteiger partial charge in [-0.3, -0.25) is 4.99 Å². The van der Waals surface area contributed by atoms with E-state index in [9.17, 15) is 0 Å². The molecule has 1 aromatic rings. The van der Waals surface area contributed by atoms with E-state index < -0.39 is 0 Å². The van der Waals surface area contributed by atoms with E-state index in [1.54, 1.807) is 20.0 Å². The number of nitriles is 1. The summed E-state index contributed by atoms with van der Waals surface area (Å²) in [7, 11) is 3.93. The fraction of sp³-hybridized carbons (Fsp3) is 0.609. The molecule has 0 aromatic carbocycles. The summed E-state index contributed by atoms with van der Waals surface area (Å²) in [5.41, 5.74) is 2.10. The Labute approximate surface area is 175 Å². The summed E-state index contributed by atoms with van der Waals surface area (Å²) in [5, 5.41) is 12.5. The minimum absolute atomic E-state index is 0.144. The maximum Gasteiger partial charge on any atom is 0.134 e.